The number of aliphatic carboxylic acids is 1. The average molecular weight is 245 g/mol. The molecule has 0 amide bonds. The van der Waals surface area contributed by atoms with Gasteiger partial charge in [-0.15, -0.1) is 0 Å². The van der Waals surface area contributed by atoms with E-state index in [2.05, 4.69) is 27.7 Å². The number of hydrogen-bond acceptors (Lipinski definition) is 2. The first-order chi connectivity index (χ1) is 7.97. The van der Waals surface area contributed by atoms with Crippen LogP contribution in [0.15, 0.2) is 0 Å². The van der Waals surface area contributed by atoms with E-state index in [4.69, 9.17) is 9.90 Å². The number of carboxylic acid groups (broad SMARTS) is 1. The Hall–Kier alpha value is -0.570. The van der Waals surface area contributed by atoms with Gasteiger partial charge in [0.2, 0.25) is 0 Å². The van der Waals surface area contributed by atoms with Crippen LogP contribution in [0.1, 0.15) is 60.3 Å². The Bertz CT molecular complexity index is 165. The molecule has 0 heterocycles. The van der Waals surface area contributed by atoms with Gasteiger partial charge in [0.05, 0.1) is 26.2 Å². The zero-order valence-electron chi connectivity index (χ0n) is 12.4. The van der Waals surface area contributed by atoms with Crippen molar-refractivity contribution < 1.29 is 14.4 Å². The molecule has 0 aromatic heterocycles. The van der Waals surface area contributed by atoms with E-state index in [0.29, 0.717) is 0 Å². The van der Waals surface area contributed by atoms with Gasteiger partial charge in [-0.1, -0.05) is 19.8 Å². The summed E-state index contributed by atoms with van der Waals surface area (Å²) >= 11 is 0. The first-order valence-corrected chi connectivity index (χ1v) is 7.00. The maximum Gasteiger partial charge on any atom is 0.0786 e. The van der Waals surface area contributed by atoms with Crippen molar-refractivity contribution in [2.75, 3.05) is 26.2 Å². The molecule has 0 N–H and O–H groups in total. The van der Waals surface area contributed by atoms with Crippen LogP contribution < -0.4 is 5.11 Å². The molecule has 0 aliphatic carbocycles. The summed E-state index contributed by atoms with van der Waals surface area (Å²) in [5.74, 6) is -1.08. The van der Waals surface area contributed by atoms with Gasteiger partial charge in [-0.2, -0.15) is 0 Å². The number of unbranched alkanes of at least 4 members (excludes halogenated alkanes) is 3. The fraction of sp³-hybridized carbons (Fsp3) is 0.929. The maximum atomic E-state index is 8.89. The fourth-order valence-electron chi connectivity index (χ4n) is 2.02. The molecule has 0 saturated carbocycles. The van der Waals surface area contributed by atoms with Crippen LogP contribution in [0.5, 0.6) is 0 Å². The lowest BCUT2D eigenvalue weighted by Gasteiger charge is -2.35. The molecule has 0 aliphatic rings. The summed E-state index contributed by atoms with van der Waals surface area (Å²) in [6, 6.07) is 0. The molecular formula is C14H31NO2. The molecule has 3 nitrogen and oxygen atoms in total. The van der Waals surface area contributed by atoms with E-state index in [1.54, 1.807) is 0 Å². The largest absolute Gasteiger partial charge is 0.550 e. The van der Waals surface area contributed by atoms with E-state index in [0.717, 1.165) is 6.92 Å². The minimum absolute atomic E-state index is 0.972. The Morgan fingerprint density at radius 1 is 0.941 bits per heavy atom. The molecule has 0 radical (unpaired) electrons. The van der Waals surface area contributed by atoms with Gasteiger partial charge in [0.25, 0.3) is 0 Å². The Morgan fingerprint density at radius 3 is 1.65 bits per heavy atom. The van der Waals surface area contributed by atoms with Crippen LogP contribution >= 0.6 is 0 Å². The first-order valence-electron chi connectivity index (χ1n) is 7.00. The third-order valence-electron chi connectivity index (χ3n) is 3.50. The summed E-state index contributed by atoms with van der Waals surface area (Å²) in [6.07, 6.45) is 5.61. The zero-order chi connectivity index (χ0) is 13.7. The van der Waals surface area contributed by atoms with Crippen LogP contribution in [-0.2, 0) is 4.79 Å². The second-order valence-corrected chi connectivity index (χ2v) is 4.57. The summed E-state index contributed by atoms with van der Waals surface area (Å²) in [4.78, 5) is 8.89. The highest BCUT2D eigenvalue weighted by Crippen LogP contribution is 2.10. The highest BCUT2D eigenvalue weighted by Gasteiger charge is 2.19. The topological polar surface area (TPSA) is 40.1 Å². The second kappa shape index (κ2) is 11.9. The molecule has 17 heavy (non-hydrogen) atoms. The smallest absolute Gasteiger partial charge is 0.0786 e. The molecule has 104 valence electrons. The van der Waals surface area contributed by atoms with Crippen molar-refractivity contribution >= 4 is 5.97 Å². The number of hydrogen-bond donors (Lipinski definition) is 0. The quantitative estimate of drug-likeness (QED) is 0.486. The van der Waals surface area contributed by atoms with Crippen LogP contribution in [0.3, 0.4) is 0 Å². The zero-order valence-corrected chi connectivity index (χ0v) is 12.4. The number of carboxylic acids is 1. The summed E-state index contributed by atoms with van der Waals surface area (Å²) in [5.41, 5.74) is 0. The van der Waals surface area contributed by atoms with Crippen LogP contribution in [0.25, 0.3) is 0 Å². The lowest BCUT2D eigenvalue weighted by molar-refractivity contribution is -0.923. The predicted molar refractivity (Wildman–Crippen MR) is 71.6 cm³/mol. The molecule has 0 saturated heterocycles. The lowest BCUT2D eigenvalue weighted by Crippen LogP contribution is -2.48. The van der Waals surface area contributed by atoms with Crippen LogP contribution in [0.4, 0.5) is 0 Å². The second-order valence-electron chi connectivity index (χ2n) is 4.57. The molecule has 0 fully saturated rings. The molecule has 3 heteroatoms. The fourth-order valence-corrected chi connectivity index (χ4v) is 2.02. The van der Waals surface area contributed by atoms with Crippen LogP contribution in [-0.4, -0.2) is 36.6 Å². The van der Waals surface area contributed by atoms with Gasteiger partial charge >= 0.3 is 0 Å². The molecule has 0 rings (SSSR count). The standard InChI is InChI=1S/C12H28N.C2H4O2/c1-5-9-10-11-12-13(6-2,7-3)8-4;1-2(3)4/h5-12H2,1-4H3;1H3,(H,3,4)/q+1;/p-1. The maximum absolute atomic E-state index is 8.89. The number of quaternary nitrogens is 1. The monoisotopic (exact) mass is 245 g/mol. The highest BCUT2D eigenvalue weighted by atomic mass is 16.4. The third-order valence-corrected chi connectivity index (χ3v) is 3.50. The van der Waals surface area contributed by atoms with E-state index in [9.17, 15) is 0 Å². The summed E-state index contributed by atoms with van der Waals surface area (Å²) in [5, 5.41) is 8.89. The summed E-state index contributed by atoms with van der Waals surface area (Å²) in [7, 11) is 0. The van der Waals surface area contributed by atoms with Crippen LogP contribution in [0.2, 0.25) is 0 Å². The number of rotatable bonds is 8. The van der Waals surface area contributed by atoms with Crippen molar-refractivity contribution in [1.29, 1.82) is 0 Å². The van der Waals surface area contributed by atoms with Gasteiger partial charge in [-0.05, 0) is 40.5 Å². The lowest BCUT2D eigenvalue weighted by atomic mass is 10.2. The molecular weight excluding hydrogens is 214 g/mol. The summed E-state index contributed by atoms with van der Waals surface area (Å²) < 4.78 is 1.32. The van der Waals surface area contributed by atoms with Gasteiger partial charge in [0.15, 0.2) is 0 Å². The minimum Gasteiger partial charge on any atom is -0.550 e. The number of nitrogens with zero attached hydrogens (tertiary/aromatic N) is 1. The number of carbonyl (C=O) groups excluding carboxylic acids is 1. The SMILES string of the molecule is CC(=O)[O-].CCCCCC[N+](CC)(CC)CC. The van der Waals surface area contributed by atoms with Crippen molar-refractivity contribution in [3.8, 4) is 0 Å². The van der Waals surface area contributed by atoms with Gasteiger partial charge in [-0.25, -0.2) is 0 Å². The Balaban J connectivity index is 0. The molecule has 0 aromatic rings. The van der Waals surface area contributed by atoms with Gasteiger partial charge < -0.3 is 14.4 Å². The van der Waals surface area contributed by atoms with Crippen molar-refractivity contribution in [2.24, 2.45) is 0 Å². The van der Waals surface area contributed by atoms with Gasteiger partial charge in [0.1, 0.15) is 0 Å². The first kappa shape index (κ1) is 18.8. The van der Waals surface area contributed by atoms with E-state index in [1.807, 2.05) is 0 Å². The van der Waals surface area contributed by atoms with E-state index in [1.165, 1.54) is 56.3 Å². The van der Waals surface area contributed by atoms with Crippen LogP contribution in [0, 0.1) is 0 Å². The molecule has 0 unspecified atom stereocenters. The third kappa shape index (κ3) is 11.7. The molecule has 0 atom stereocenters. The Kier molecular flexibility index (Phi) is 13.2. The Labute approximate surface area is 107 Å². The summed E-state index contributed by atoms with van der Waals surface area (Å²) in [6.45, 7) is 15.5. The van der Waals surface area contributed by atoms with Gasteiger partial charge in [0, 0.05) is 5.97 Å². The van der Waals surface area contributed by atoms with E-state index < -0.39 is 5.97 Å². The minimum atomic E-state index is -1.08. The van der Waals surface area contributed by atoms with Crippen molar-refractivity contribution in [1.82, 2.24) is 0 Å². The van der Waals surface area contributed by atoms with Crippen molar-refractivity contribution in [2.45, 2.75) is 60.3 Å². The predicted octanol–water partition coefficient (Wildman–Crippen LogP) is 2.20. The molecule has 0 bridgehead atoms. The van der Waals surface area contributed by atoms with Crippen molar-refractivity contribution in [3.05, 3.63) is 0 Å². The average Bonchev–Trinajstić information content (AvgIpc) is 2.30. The number of carbonyl (C=O) groups is 1. The molecule has 0 aliphatic heterocycles. The highest BCUT2D eigenvalue weighted by molar-refractivity contribution is 5.60. The Morgan fingerprint density at radius 2 is 1.35 bits per heavy atom. The van der Waals surface area contributed by atoms with E-state index in [-0.39, 0.29) is 0 Å². The molecule has 0 aromatic carbocycles. The normalized spacial score (nSPS) is 10.6. The van der Waals surface area contributed by atoms with E-state index >= 15 is 0 Å². The van der Waals surface area contributed by atoms with Crippen molar-refractivity contribution in [3.63, 3.8) is 0 Å². The van der Waals surface area contributed by atoms with Gasteiger partial charge in [-0.3, -0.25) is 0 Å². The molecule has 0 spiro atoms.